The van der Waals surface area contributed by atoms with Gasteiger partial charge in [0.25, 0.3) is 5.78 Å². The van der Waals surface area contributed by atoms with Gasteiger partial charge >= 0.3 is 12.1 Å². The number of nitrogens with zero attached hydrogens (tertiary/aromatic N) is 1. The minimum absolute atomic E-state index is 0.170. The molecule has 0 aliphatic heterocycles. The number of aryl methyl sites for hydroxylation is 1. The van der Waals surface area contributed by atoms with Gasteiger partial charge < -0.3 is 19.7 Å². The van der Waals surface area contributed by atoms with Crippen LogP contribution in [0.25, 0.3) is 10.9 Å². The second-order valence-electron chi connectivity index (χ2n) is 6.67. The molecule has 2 aromatic rings. The van der Waals surface area contributed by atoms with Gasteiger partial charge in [-0.2, -0.15) is 0 Å². The molecule has 7 heteroatoms. The number of amides is 1. The normalized spacial score (nSPS) is 11.3. The van der Waals surface area contributed by atoms with Crippen LogP contribution in [-0.4, -0.2) is 39.7 Å². The van der Waals surface area contributed by atoms with Gasteiger partial charge in [0.2, 0.25) is 0 Å². The Morgan fingerprint density at radius 2 is 1.88 bits per heavy atom. The molecule has 0 atom stereocenters. The second kappa shape index (κ2) is 7.38. The number of nitrogens with one attached hydrogen (secondary N) is 1. The van der Waals surface area contributed by atoms with Crippen LogP contribution in [0.1, 0.15) is 37.6 Å². The minimum Gasteiger partial charge on any atom is -0.475 e. The maximum atomic E-state index is 11.8. The Morgan fingerprint density at radius 1 is 1.20 bits per heavy atom. The lowest BCUT2D eigenvalue weighted by atomic mass is 10.1. The monoisotopic (exact) mass is 346 g/mol. The van der Waals surface area contributed by atoms with Gasteiger partial charge in [0.05, 0.1) is 5.56 Å². The first-order valence-electron chi connectivity index (χ1n) is 8.01. The van der Waals surface area contributed by atoms with Crippen molar-refractivity contribution in [3.63, 3.8) is 0 Å². The zero-order valence-corrected chi connectivity index (χ0v) is 14.5. The molecule has 0 fully saturated rings. The molecular weight excluding hydrogens is 324 g/mol. The van der Waals surface area contributed by atoms with E-state index in [2.05, 4.69) is 5.32 Å². The highest BCUT2D eigenvalue weighted by atomic mass is 16.6. The Morgan fingerprint density at radius 3 is 2.52 bits per heavy atom. The van der Waals surface area contributed by atoms with Gasteiger partial charge in [-0.3, -0.25) is 4.79 Å². The Kier molecular flexibility index (Phi) is 5.46. The topological polar surface area (TPSA) is 97.6 Å². The first kappa shape index (κ1) is 18.5. The molecule has 7 nitrogen and oxygen atoms in total. The molecule has 2 rings (SSSR count). The zero-order valence-electron chi connectivity index (χ0n) is 14.5. The van der Waals surface area contributed by atoms with Crippen LogP contribution in [0, 0.1) is 0 Å². The molecule has 0 aliphatic rings. The van der Waals surface area contributed by atoms with Crippen LogP contribution < -0.4 is 5.32 Å². The first-order valence-corrected chi connectivity index (χ1v) is 8.01. The van der Waals surface area contributed by atoms with Crippen molar-refractivity contribution >= 4 is 28.7 Å². The summed E-state index contributed by atoms with van der Waals surface area (Å²) in [5.41, 5.74) is 0.403. The lowest BCUT2D eigenvalue weighted by molar-refractivity contribution is -0.131. The predicted octanol–water partition coefficient (Wildman–Crippen LogP) is 2.82. The van der Waals surface area contributed by atoms with Gasteiger partial charge in [-0.05, 0) is 33.3 Å². The predicted molar refractivity (Wildman–Crippen MR) is 92.8 cm³/mol. The first-order chi connectivity index (χ1) is 11.7. The molecule has 1 aromatic carbocycles. The standard InChI is InChI=1S/C18H22N2O5/c1-18(2,3)25-17(24)19-9-6-10-20-11-13(15(21)16(22)23)12-7-4-5-8-14(12)20/h4-5,7-8,11H,6,9-10H2,1-3H3,(H,19,24)(H,22,23). The summed E-state index contributed by atoms with van der Waals surface area (Å²) in [6.07, 6.45) is 1.68. The van der Waals surface area contributed by atoms with Crippen molar-refractivity contribution in [3.8, 4) is 0 Å². The number of ketones is 1. The number of carbonyl (C=O) groups is 3. The van der Waals surface area contributed by atoms with Crippen molar-refractivity contribution in [2.75, 3.05) is 6.54 Å². The number of aliphatic carboxylic acids is 1. The van der Waals surface area contributed by atoms with Crippen LogP contribution in [0.15, 0.2) is 30.5 Å². The van der Waals surface area contributed by atoms with Crippen LogP contribution in [0.2, 0.25) is 0 Å². The van der Waals surface area contributed by atoms with E-state index in [0.29, 0.717) is 24.9 Å². The van der Waals surface area contributed by atoms with Crippen LogP contribution in [0.4, 0.5) is 4.79 Å². The third-order valence-corrected chi connectivity index (χ3v) is 3.47. The molecule has 134 valence electrons. The van der Waals surface area contributed by atoms with Crippen molar-refractivity contribution < 1.29 is 24.2 Å². The van der Waals surface area contributed by atoms with Crippen molar-refractivity contribution in [1.82, 2.24) is 9.88 Å². The number of Topliss-reactive ketones (excluding diaryl/α,β-unsaturated/α-hetero) is 1. The summed E-state index contributed by atoms with van der Waals surface area (Å²) in [6, 6.07) is 7.14. The number of hydrogen-bond donors (Lipinski definition) is 2. The molecule has 0 unspecified atom stereocenters. The number of rotatable bonds is 6. The number of fused-ring (bicyclic) bond motifs is 1. The maximum Gasteiger partial charge on any atom is 0.407 e. The van der Waals surface area contributed by atoms with Crippen LogP contribution in [-0.2, 0) is 16.1 Å². The van der Waals surface area contributed by atoms with Gasteiger partial charge in [0.1, 0.15) is 5.60 Å². The summed E-state index contributed by atoms with van der Waals surface area (Å²) in [7, 11) is 0. The number of para-hydroxylation sites is 1. The Labute approximate surface area is 145 Å². The summed E-state index contributed by atoms with van der Waals surface area (Å²) in [5, 5.41) is 12.2. The summed E-state index contributed by atoms with van der Waals surface area (Å²) >= 11 is 0. The number of benzene rings is 1. The Bertz CT molecular complexity index is 801. The molecule has 0 bridgehead atoms. The van der Waals surface area contributed by atoms with E-state index < -0.39 is 23.4 Å². The van der Waals surface area contributed by atoms with E-state index in [1.807, 2.05) is 16.7 Å². The van der Waals surface area contributed by atoms with Crippen molar-refractivity contribution in [3.05, 3.63) is 36.0 Å². The summed E-state index contributed by atoms with van der Waals surface area (Å²) in [4.78, 5) is 34.4. The van der Waals surface area contributed by atoms with Crippen LogP contribution >= 0.6 is 0 Å². The molecule has 0 saturated carbocycles. The van der Waals surface area contributed by atoms with E-state index in [1.54, 1.807) is 39.1 Å². The summed E-state index contributed by atoms with van der Waals surface area (Å²) in [5.74, 6) is -2.41. The van der Waals surface area contributed by atoms with Crippen LogP contribution in [0.3, 0.4) is 0 Å². The maximum absolute atomic E-state index is 11.8. The number of carboxylic acid groups (broad SMARTS) is 1. The van der Waals surface area contributed by atoms with Gasteiger partial charge in [-0.15, -0.1) is 0 Å². The van der Waals surface area contributed by atoms with Crippen molar-refractivity contribution in [2.45, 2.75) is 39.3 Å². The molecule has 1 heterocycles. The fraction of sp³-hybridized carbons (Fsp3) is 0.389. The third-order valence-electron chi connectivity index (χ3n) is 3.47. The molecule has 25 heavy (non-hydrogen) atoms. The average Bonchev–Trinajstić information content (AvgIpc) is 2.88. The van der Waals surface area contributed by atoms with Gasteiger partial charge in [0, 0.05) is 30.2 Å². The number of aromatic nitrogens is 1. The quantitative estimate of drug-likeness (QED) is 0.476. The van der Waals surface area contributed by atoms with E-state index in [-0.39, 0.29) is 5.56 Å². The fourth-order valence-electron chi connectivity index (χ4n) is 2.48. The lowest BCUT2D eigenvalue weighted by Gasteiger charge is -2.19. The van der Waals surface area contributed by atoms with Gasteiger partial charge in [0.15, 0.2) is 0 Å². The highest BCUT2D eigenvalue weighted by Crippen LogP contribution is 2.22. The molecule has 1 amide bonds. The average molecular weight is 346 g/mol. The van der Waals surface area contributed by atoms with E-state index >= 15 is 0 Å². The molecule has 0 spiro atoms. The number of alkyl carbamates (subject to hydrolysis) is 1. The lowest BCUT2D eigenvalue weighted by Crippen LogP contribution is -2.33. The Hall–Kier alpha value is -2.83. The summed E-state index contributed by atoms with van der Waals surface area (Å²) < 4.78 is 6.98. The SMILES string of the molecule is CC(C)(C)OC(=O)NCCCn1cc(C(=O)C(=O)O)c2ccccc21. The van der Waals surface area contributed by atoms with Gasteiger partial charge in [-0.25, -0.2) is 9.59 Å². The number of carbonyl (C=O) groups excluding carboxylic acids is 2. The third kappa shape index (κ3) is 4.82. The highest BCUT2D eigenvalue weighted by molar-refractivity contribution is 6.42. The number of hydrogen-bond acceptors (Lipinski definition) is 4. The molecule has 0 saturated heterocycles. The number of carboxylic acids is 1. The Balaban J connectivity index is 2.03. The fourth-order valence-corrected chi connectivity index (χ4v) is 2.48. The van der Waals surface area contributed by atoms with Crippen LogP contribution in [0.5, 0.6) is 0 Å². The largest absolute Gasteiger partial charge is 0.475 e. The van der Waals surface area contributed by atoms with E-state index in [4.69, 9.17) is 9.84 Å². The van der Waals surface area contributed by atoms with E-state index in [0.717, 1.165) is 5.52 Å². The molecule has 0 radical (unpaired) electrons. The smallest absolute Gasteiger partial charge is 0.407 e. The van der Waals surface area contributed by atoms with E-state index in [9.17, 15) is 14.4 Å². The van der Waals surface area contributed by atoms with Crippen molar-refractivity contribution in [1.29, 1.82) is 0 Å². The molecule has 0 aliphatic carbocycles. The van der Waals surface area contributed by atoms with E-state index in [1.165, 1.54) is 0 Å². The highest BCUT2D eigenvalue weighted by Gasteiger charge is 2.20. The molecular formula is C18H22N2O5. The van der Waals surface area contributed by atoms with Gasteiger partial charge in [-0.1, -0.05) is 18.2 Å². The molecule has 1 aromatic heterocycles. The number of ether oxygens (including phenoxy) is 1. The summed E-state index contributed by atoms with van der Waals surface area (Å²) in [6.45, 7) is 6.31. The molecule has 2 N–H and O–H groups in total. The second-order valence-corrected chi connectivity index (χ2v) is 6.67. The minimum atomic E-state index is -1.48. The van der Waals surface area contributed by atoms with Crippen molar-refractivity contribution in [2.24, 2.45) is 0 Å². The zero-order chi connectivity index (χ0) is 18.6.